The smallest absolute Gasteiger partial charge is 0.392 e. The van der Waals surface area contributed by atoms with E-state index in [1.54, 1.807) is 11.0 Å². The Labute approximate surface area is 98.1 Å². The van der Waals surface area contributed by atoms with Gasteiger partial charge < -0.3 is 4.42 Å². The summed E-state index contributed by atoms with van der Waals surface area (Å²) in [6.07, 6.45) is 3.04. The Morgan fingerprint density at radius 1 is 1.35 bits per heavy atom. The highest BCUT2D eigenvalue weighted by molar-refractivity contribution is 4.93. The topological polar surface area (TPSA) is 78.7 Å². The average molecular weight is 237 g/mol. The molecule has 0 N–H and O–H groups in total. The van der Waals surface area contributed by atoms with Crippen molar-refractivity contribution in [3.05, 3.63) is 29.1 Å². The van der Waals surface area contributed by atoms with Gasteiger partial charge in [0.25, 0.3) is 0 Å². The third-order valence-corrected chi connectivity index (χ3v) is 2.26. The SMILES string of the molecule is CC(C)(C)c1nn(CCn2cncn2)c(=O)o1. The van der Waals surface area contributed by atoms with Gasteiger partial charge in [-0.1, -0.05) is 20.8 Å². The minimum Gasteiger partial charge on any atom is -0.392 e. The van der Waals surface area contributed by atoms with Gasteiger partial charge in [-0.05, 0) is 0 Å². The van der Waals surface area contributed by atoms with Crippen LogP contribution in [0.5, 0.6) is 0 Å². The summed E-state index contributed by atoms with van der Waals surface area (Å²) in [6, 6.07) is 0. The first kappa shape index (κ1) is 11.6. The van der Waals surface area contributed by atoms with E-state index in [0.29, 0.717) is 19.0 Å². The molecule has 0 aliphatic heterocycles. The van der Waals surface area contributed by atoms with Crippen LogP contribution in [0.25, 0.3) is 0 Å². The van der Waals surface area contributed by atoms with Crippen LogP contribution >= 0.6 is 0 Å². The number of aromatic nitrogens is 5. The van der Waals surface area contributed by atoms with Crippen LogP contribution in [0.3, 0.4) is 0 Å². The molecule has 0 amide bonds. The van der Waals surface area contributed by atoms with Crippen molar-refractivity contribution in [3.63, 3.8) is 0 Å². The van der Waals surface area contributed by atoms with Crippen molar-refractivity contribution in [1.29, 1.82) is 0 Å². The summed E-state index contributed by atoms with van der Waals surface area (Å²) < 4.78 is 8.04. The number of hydrogen-bond donors (Lipinski definition) is 0. The zero-order valence-electron chi connectivity index (χ0n) is 10.1. The van der Waals surface area contributed by atoms with Crippen LogP contribution in [0.4, 0.5) is 0 Å². The predicted molar refractivity (Wildman–Crippen MR) is 59.5 cm³/mol. The van der Waals surface area contributed by atoms with E-state index in [1.165, 1.54) is 11.0 Å². The highest BCUT2D eigenvalue weighted by Crippen LogP contribution is 2.17. The fourth-order valence-corrected chi connectivity index (χ4v) is 1.30. The molecule has 7 nitrogen and oxygen atoms in total. The zero-order valence-corrected chi connectivity index (χ0v) is 10.1. The number of nitrogens with zero attached hydrogens (tertiary/aromatic N) is 5. The number of hydrogen-bond acceptors (Lipinski definition) is 5. The van der Waals surface area contributed by atoms with E-state index in [2.05, 4.69) is 15.2 Å². The van der Waals surface area contributed by atoms with Gasteiger partial charge in [0.2, 0.25) is 5.89 Å². The lowest BCUT2D eigenvalue weighted by Crippen LogP contribution is -2.19. The Bertz CT molecular complexity index is 532. The quantitative estimate of drug-likeness (QED) is 0.773. The third-order valence-electron chi connectivity index (χ3n) is 2.26. The van der Waals surface area contributed by atoms with Crippen LogP contribution in [0.15, 0.2) is 21.9 Å². The molecular weight excluding hydrogens is 222 g/mol. The number of aryl methyl sites for hydroxylation is 2. The fraction of sp³-hybridized carbons (Fsp3) is 0.600. The van der Waals surface area contributed by atoms with Gasteiger partial charge in [0.05, 0.1) is 13.1 Å². The van der Waals surface area contributed by atoms with Crippen LogP contribution in [0, 0.1) is 0 Å². The van der Waals surface area contributed by atoms with Crippen LogP contribution in [0.1, 0.15) is 26.7 Å². The largest absolute Gasteiger partial charge is 0.437 e. The first-order chi connectivity index (χ1) is 7.97. The third kappa shape index (κ3) is 2.61. The maximum atomic E-state index is 11.5. The van der Waals surface area contributed by atoms with Crippen molar-refractivity contribution in [2.24, 2.45) is 0 Å². The summed E-state index contributed by atoms with van der Waals surface area (Å²) in [4.78, 5) is 15.4. The van der Waals surface area contributed by atoms with Gasteiger partial charge in [0.1, 0.15) is 12.7 Å². The van der Waals surface area contributed by atoms with Crippen molar-refractivity contribution in [2.45, 2.75) is 39.3 Å². The standard InChI is InChI=1S/C10H15N5O2/c1-10(2,3)8-13-15(9(16)17-8)5-4-14-7-11-6-12-14/h6-7H,4-5H2,1-3H3. The Morgan fingerprint density at radius 3 is 2.65 bits per heavy atom. The molecule has 2 aromatic rings. The van der Waals surface area contributed by atoms with Crippen molar-refractivity contribution in [2.75, 3.05) is 0 Å². The second-order valence-electron chi connectivity index (χ2n) is 4.80. The van der Waals surface area contributed by atoms with Gasteiger partial charge >= 0.3 is 5.76 Å². The summed E-state index contributed by atoms with van der Waals surface area (Å²) in [7, 11) is 0. The average Bonchev–Trinajstić information content (AvgIpc) is 2.83. The van der Waals surface area contributed by atoms with E-state index in [4.69, 9.17) is 4.42 Å². The van der Waals surface area contributed by atoms with E-state index in [9.17, 15) is 4.79 Å². The molecule has 0 fully saturated rings. The Morgan fingerprint density at radius 2 is 2.12 bits per heavy atom. The molecule has 0 saturated carbocycles. The highest BCUT2D eigenvalue weighted by Gasteiger charge is 2.22. The van der Waals surface area contributed by atoms with Crippen molar-refractivity contribution in [3.8, 4) is 0 Å². The van der Waals surface area contributed by atoms with Gasteiger partial charge in [-0.2, -0.15) is 9.78 Å². The molecule has 92 valence electrons. The van der Waals surface area contributed by atoms with E-state index in [-0.39, 0.29) is 5.41 Å². The summed E-state index contributed by atoms with van der Waals surface area (Å²) in [5.74, 6) is 0.0103. The second kappa shape index (κ2) is 4.15. The first-order valence-electron chi connectivity index (χ1n) is 5.37. The van der Waals surface area contributed by atoms with E-state index in [0.717, 1.165) is 0 Å². The van der Waals surface area contributed by atoms with Gasteiger partial charge in [0.15, 0.2) is 0 Å². The molecule has 2 rings (SSSR count). The maximum Gasteiger partial charge on any atom is 0.437 e. The Hall–Kier alpha value is -1.92. The Kier molecular flexibility index (Phi) is 2.83. The molecule has 2 aromatic heterocycles. The van der Waals surface area contributed by atoms with Crippen molar-refractivity contribution >= 4 is 0 Å². The minimum atomic E-state index is -0.435. The molecule has 0 radical (unpaired) electrons. The summed E-state index contributed by atoms with van der Waals surface area (Å²) in [6.45, 7) is 6.79. The van der Waals surface area contributed by atoms with Crippen LogP contribution in [0.2, 0.25) is 0 Å². The van der Waals surface area contributed by atoms with Gasteiger partial charge in [-0.15, -0.1) is 5.10 Å². The van der Waals surface area contributed by atoms with Gasteiger partial charge in [0, 0.05) is 5.41 Å². The van der Waals surface area contributed by atoms with Crippen LogP contribution < -0.4 is 5.76 Å². The predicted octanol–water partition coefficient (Wildman–Crippen LogP) is 0.425. The molecule has 7 heteroatoms. The fourth-order valence-electron chi connectivity index (χ4n) is 1.30. The molecule has 0 spiro atoms. The van der Waals surface area contributed by atoms with Crippen molar-refractivity contribution < 1.29 is 4.42 Å². The highest BCUT2D eigenvalue weighted by atomic mass is 16.4. The molecule has 0 unspecified atom stereocenters. The molecule has 0 aliphatic rings. The molecule has 0 aromatic carbocycles. The molecule has 0 bridgehead atoms. The zero-order chi connectivity index (χ0) is 12.5. The van der Waals surface area contributed by atoms with E-state index >= 15 is 0 Å². The summed E-state index contributed by atoms with van der Waals surface area (Å²) in [5, 5.41) is 8.10. The Balaban J connectivity index is 2.12. The molecule has 17 heavy (non-hydrogen) atoms. The lowest BCUT2D eigenvalue weighted by atomic mass is 9.97. The lowest BCUT2D eigenvalue weighted by molar-refractivity contribution is 0.373. The van der Waals surface area contributed by atoms with Crippen molar-refractivity contribution in [1.82, 2.24) is 24.5 Å². The van der Waals surface area contributed by atoms with Gasteiger partial charge in [-0.25, -0.2) is 9.78 Å². The molecule has 2 heterocycles. The maximum absolute atomic E-state index is 11.5. The minimum absolute atomic E-state index is 0.266. The van der Waals surface area contributed by atoms with E-state index in [1.807, 2.05) is 20.8 Å². The lowest BCUT2D eigenvalue weighted by Gasteiger charge is -2.10. The van der Waals surface area contributed by atoms with E-state index < -0.39 is 5.76 Å². The van der Waals surface area contributed by atoms with Gasteiger partial charge in [-0.3, -0.25) is 4.68 Å². The summed E-state index contributed by atoms with van der Waals surface area (Å²) >= 11 is 0. The molecular formula is C10H15N5O2. The summed E-state index contributed by atoms with van der Waals surface area (Å²) in [5.41, 5.74) is -0.266. The monoisotopic (exact) mass is 237 g/mol. The second-order valence-corrected chi connectivity index (χ2v) is 4.80. The molecule has 0 atom stereocenters. The van der Waals surface area contributed by atoms with Crippen LogP contribution in [-0.2, 0) is 18.5 Å². The first-order valence-corrected chi connectivity index (χ1v) is 5.37. The normalized spacial score (nSPS) is 11.9. The number of rotatable bonds is 3. The van der Waals surface area contributed by atoms with Crippen LogP contribution in [-0.4, -0.2) is 24.5 Å². The molecule has 0 saturated heterocycles. The molecule has 0 aliphatic carbocycles.